The van der Waals surface area contributed by atoms with E-state index in [0.29, 0.717) is 22.8 Å². The molecular formula is C21H17N5O2. The Hall–Kier alpha value is -4.00. The number of carbonyl (C=O) groups is 1. The average Bonchev–Trinajstić information content (AvgIpc) is 3.23. The minimum Gasteiger partial charge on any atom is -0.496 e. The lowest BCUT2D eigenvalue weighted by molar-refractivity contribution is 0.0950. The number of rotatable bonds is 5. The lowest BCUT2D eigenvalue weighted by atomic mass is 10.0. The molecule has 0 bridgehead atoms. The third-order valence-corrected chi connectivity index (χ3v) is 4.24. The molecule has 2 aromatic carbocycles. The van der Waals surface area contributed by atoms with Crippen LogP contribution in [0.15, 0.2) is 72.0 Å². The fourth-order valence-electron chi connectivity index (χ4n) is 2.92. The van der Waals surface area contributed by atoms with E-state index in [0.717, 1.165) is 16.3 Å². The number of hydrogen-bond acceptors (Lipinski definition) is 5. The highest BCUT2D eigenvalue weighted by atomic mass is 16.5. The van der Waals surface area contributed by atoms with Crippen molar-refractivity contribution in [3.05, 3.63) is 78.2 Å². The number of hydrazone groups is 1. The number of fused-ring (bicyclic) bond motifs is 1. The molecule has 2 heterocycles. The van der Waals surface area contributed by atoms with Crippen LogP contribution in [0.3, 0.4) is 0 Å². The van der Waals surface area contributed by atoms with Crippen LogP contribution < -0.4 is 10.2 Å². The maximum absolute atomic E-state index is 12.3. The van der Waals surface area contributed by atoms with Gasteiger partial charge in [-0.15, -0.1) is 0 Å². The molecule has 7 heteroatoms. The molecule has 0 fully saturated rings. The van der Waals surface area contributed by atoms with E-state index in [1.54, 1.807) is 25.4 Å². The van der Waals surface area contributed by atoms with Gasteiger partial charge in [0.2, 0.25) is 0 Å². The molecule has 4 aromatic rings. The van der Waals surface area contributed by atoms with Crippen molar-refractivity contribution in [3.8, 4) is 17.0 Å². The summed E-state index contributed by atoms with van der Waals surface area (Å²) in [5, 5.41) is 13.0. The van der Waals surface area contributed by atoms with E-state index in [9.17, 15) is 4.79 Å². The summed E-state index contributed by atoms with van der Waals surface area (Å²) in [4.78, 5) is 16.5. The Morgan fingerprint density at radius 3 is 2.82 bits per heavy atom. The largest absolute Gasteiger partial charge is 0.496 e. The highest BCUT2D eigenvalue weighted by Gasteiger charge is 2.16. The van der Waals surface area contributed by atoms with E-state index in [1.807, 2.05) is 48.5 Å². The molecule has 0 aliphatic heterocycles. The van der Waals surface area contributed by atoms with Gasteiger partial charge in [-0.1, -0.05) is 36.4 Å². The Kier molecular flexibility index (Phi) is 4.79. The SMILES string of the molecule is COc1ccc2ccccc2c1-c1cc(C(=O)N/N=C/c2ccccn2)[nH]n1. The Bertz CT molecular complexity index is 1150. The molecule has 0 aliphatic rings. The van der Waals surface area contributed by atoms with Gasteiger partial charge >= 0.3 is 0 Å². The highest BCUT2D eigenvalue weighted by molar-refractivity contribution is 6.00. The molecule has 0 spiro atoms. The van der Waals surface area contributed by atoms with Crippen LogP contribution in [0.2, 0.25) is 0 Å². The number of hydrogen-bond donors (Lipinski definition) is 2. The summed E-state index contributed by atoms with van der Waals surface area (Å²) in [5.41, 5.74) is 4.85. The van der Waals surface area contributed by atoms with Crippen molar-refractivity contribution in [1.82, 2.24) is 20.6 Å². The molecule has 4 rings (SSSR count). The number of aromatic amines is 1. The van der Waals surface area contributed by atoms with Crippen LogP contribution in [0.5, 0.6) is 5.75 Å². The van der Waals surface area contributed by atoms with Crippen molar-refractivity contribution >= 4 is 22.9 Å². The summed E-state index contributed by atoms with van der Waals surface area (Å²) in [7, 11) is 1.61. The predicted molar refractivity (Wildman–Crippen MR) is 107 cm³/mol. The topological polar surface area (TPSA) is 92.3 Å². The molecule has 1 amide bonds. The van der Waals surface area contributed by atoms with Gasteiger partial charge in [-0.2, -0.15) is 10.2 Å². The minimum atomic E-state index is -0.398. The first-order valence-corrected chi connectivity index (χ1v) is 8.62. The molecule has 28 heavy (non-hydrogen) atoms. The maximum atomic E-state index is 12.3. The smallest absolute Gasteiger partial charge is 0.289 e. The molecule has 0 saturated carbocycles. The van der Waals surface area contributed by atoms with E-state index in [4.69, 9.17) is 4.74 Å². The van der Waals surface area contributed by atoms with Gasteiger partial charge in [-0.25, -0.2) is 5.43 Å². The number of nitrogens with zero attached hydrogens (tertiary/aromatic N) is 3. The highest BCUT2D eigenvalue weighted by Crippen LogP contribution is 2.36. The van der Waals surface area contributed by atoms with Crippen LogP contribution in [-0.4, -0.2) is 34.4 Å². The van der Waals surface area contributed by atoms with Gasteiger partial charge < -0.3 is 4.74 Å². The summed E-state index contributed by atoms with van der Waals surface area (Å²) in [6, 6.07) is 18.9. The lowest BCUT2D eigenvalue weighted by Gasteiger charge is -2.09. The second-order valence-corrected chi connectivity index (χ2v) is 5.98. The Morgan fingerprint density at radius 2 is 2.00 bits per heavy atom. The van der Waals surface area contributed by atoms with Gasteiger partial charge in [0.05, 0.1) is 30.3 Å². The normalized spacial score (nSPS) is 11.0. The van der Waals surface area contributed by atoms with Gasteiger partial charge in [0.25, 0.3) is 5.91 Å². The second-order valence-electron chi connectivity index (χ2n) is 5.98. The summed E-state index contributed by atoms with van der Waals surface area (Å²) in [6.45, 7) is 0. The number of nitrogens with one attached hydrogen (secondary N) is 2. The summed E-state index contributed by atoms with van der Waals surface area (Å²) >= 11 is 0. The monoisotopic (exact) mass is 371 g/mol. The van der Waals surface area contributed by atoms with Crippen molar-refractivity contribution in [1.29, 1.82) is 0 Å². The second kappa shape index (κ2) is 7.71. The summed E-state index contributed by atoms with van der Waals surface area (Å²) < 4.78 is 5.51. The van der Waals surface area contributed by atoms with Crippen molar-refractivity contribution < 1.29 is 9.53 Å². The average molecular weight is 371 g/mol. The number of ether oxygens (including phenoxy) is 1. The molecule has 2 N–H and O–H groups in total. The Morgan fingerprint density at radius 1 is 1.14 bits per heavy atom. The molecule has 2 aromatic heterocycles. The van der Waals surface area contributed by atoms with Crippen LogP contribution >= 0.6 is 0 Å². The maximum Gasteiger partial charge on any atom is 0.289 e. The fourth-order valence-corrected chi connectivity index (χ4v) is 2.92. The Labute approximate surface area is 161 Å². The third-order valence-electron chi connectivity index (χ3n) is 4.24. The molecule has 138 valence electrons. The summed E-state index contributed by atoms with van der Waals surface area (Å²) in [5.74, 6) is 0.287. The van der Waals surface area contributed by atoms with E-state index >= 15 is 0 Å². The molecule has 0 aliphatic carbocycles. The van der Waals surface area contributed by atoms with Crippen LogP contribution in [0, 0.1) is 0 Å². The van der Waals surface area contributed by atoms with Crippen molar-refractivity contribution in [2.24, 2.45) is 5.10 Å². The number of H-pyrrole nitrogens is 1. The molecule has 0 saturated heterocycles. The van der Waals surface area contributed by atoms with Crippen LogP contribution in [0.25, 0.3) is 22.0 Å². The zero-order chi connectivity index (χ0) is 19.3. The van der Waals surface area contributed by atoms with Gasteiger partial charge in [0.1, 0.15) is 11.4 Å². The number of pyridine rings is 1. The fraction of sp³-hybridized carbons (Fsp3) is 0.0476. The molecular weight excluding hydrogens is 354 g/mol. The zero-order valence-corrected chi connectivity index (χ0v) is 15.1. The first-order chi connectivity index (χ1) is 13.8. The van der Waals surface area contributed by atoms with E-state index in [1.165, 1.54) is 6.21 Å². The minimum absolute atomic E-state index is 0.295. The van der Waals surface area contributed by atoms with Gasteiger partial charge in [-0.3, -0.25) is 14.9 Å². The van der Waals surface area contributed by atoms with Crippen LogP contribution in [0.4, 0.5) is 0 Å². The van der Waals surface area contributed by atoms with Gasteiger partial charge in [-0.05, 0) is 35.0 Å². The van der Waals surface area contributed by atoms with Crippen molar-refractivity contribution in [3.63, 3.8) is 0 Å². The molecule has 0 atom stereocenters. The quantitative estimate of drug-likeness (QED) is 0.415. The third kappa shape index (κ3) is 3.45. The first kappa shape index (κ1) is 17.4. The van der Waals surface area contributed by atoms with Crippen LogP contribution in [-0.2, 0) is 0 Å². The predicted octanol–water partition coefficient (Wildman–Crippen LogP) is 3.40. The summed E-state index contributed by atoms with van der Waals surface area (Å²) in [6.07, 6.45) is 3.13. The number of methoxy groups -OCH3 is 1. The lowest BCUT2D eigenvalue weighted by Crippen LogP contribution is -2.18. The van der Waals surface area contributed by atoms with E-state index in [2.05, 4.69) is 25.7 Å². The van der Waals surface area contributed by atoms with E-state index in [-0.39, 0.29) is 0 Å². The molecule has 0 unspecified atom stereocenters. The number of aromatic nitrogens is 3. The van der Waals surface area contributed by atoms with Crippen molar-refractivity contribution in [2.75, 3.05) is 7.11 Å². The van der Waals surface area contributed by atoms with Crippen molar-refractivity contribution in [2.45, 2.75) is 0 Å². The molecule has 7 nitrogen and oxygen atoms in total. The first-order valence-electron chi connectivity index (χ1n) is 8.62. The van der Waals surface area contributed by atoms with Gasteiger partial charge in [0.15, 0.2) is 0 Å². The van der Waals surface area contributed by atoms with E-state index < -0.39 is 5.91 Å². The molecule has 0 radical (unpaired) electrons. The van der Waals surface area contributed by atoms with Crippen LogP contribution in [0.1, 0.15) is 16.2 Å². The standard InChI is InChI=1S/C21H17N5O2/c1-28-19-10-9-14-6-2-3-8-16(14)20(19)17-12-18(25-24-17)21(27)26-23-13-15-7-4-5-11-22-15/h2-13H,1H3,(H,24,25)(H,26,27)/b23-13+. The Balaban J connectivity index is 1.60. The number of carbonyl (C=O) groups excluding carboxylic acids is 1. The number of benzene rings is 2. The number of amides is 1. The van der Waals surface area contributed by atoms with Gasteiger partial charge in [0, 0.05) is 6.20 Å². The zero-order valence-electron chi connectivity index (χ0n) is 15.1.